The number of aliphatic hydroxyl groups is 2. The van der Waals surface area contributed by atoms with Gasteiger partial charge in [0.25, 0.3) is 0 Å². The van der Waals surface area contributed by atoms with E-state index in [1.54, 1.807) is 0 Å². The van der Waals surface area contributed by atoms with Crippen molar-refractivity contribution in [2.24, 2.45) is 0 Å². The van der Waals surface area contributed by atoms with Gasteiger partial charge < -0.3 is 34.4 Å². The molecule has 0 fully saturated rings. The minimum atomic E-state index is -2.38. The maximum absolute atomic E-state index is 10.9. The molecule has 0 heterocycles. The number of aliphatic hydroxyl groups excluding tert-OH is 2. The van der Waals surface area contributed by atoms with Crippen LogP contribution in [0.15, 0.2) is 0 Å². The second kappa shape index (κ2) is 10.9. The normalized spacial score (nSPS) is 13.4. The van der Waals surface area contributed by atoms with Crippen LogP contribution in [-0.2, 0) is 19.1 Å². The zero-order valence-corrected chi connectivity index (χ0v) is 13.3. The molecule has 0 aromatic rings. The molecule has 0 radical (unpaired) electrons. The van der Waals surface area contributed by atoms with Crippen molar-refractivity contribution in [3.05, 3.63) is 0 Å². The van der Waals surface area contributed by atoms with Gasteiger partial charge in [-0.25, -0.2) is 4.79 Å². The van der Waals surface area contributed by atoms with E-state index in [4.69, 9.17) is 20.1 Å². The van der Waals surface area contributed by atoms with Gasteiger partial charge in [-0.15, -0.1) is 0 Å². The number of ether oxygens (including phenoxy) is 1. The van der Waals surface area contributed by atoms with Crippen LogP contribution < -0.4 is 5.11 Å². The van der Waals surface area contributed by atoms with Gasteiger partial charge in [0.05, 0.1) is 27.1 Å². The zero-order chi connectivity index (χ0) is 17.9. The van der Waals surface area contributed by atoms with E-state index in [0.717, 1.165) is 17.4 Å². The molecule has 9 heteroatoms. The minimum Gasteiger partial charge on any atom is -0.547 e. The van der Waals surface area contributed by atoms with Crippen LogP contribution >= 0.6 is 0 Å². The molecule has 0 saturated carbocycles. The molecule has 0 aliphatic rings. The first-order valence-corrected chi connectivity index (χ1v) is 6.68. The summed E-state index contributed by atoms with van der Waals surface area (Å²) in [6.07, 6.45) is -3.30. The van der Waals surface area contributed by atoms with Gasteiger partial charge in [0.2, 0.25) is 0 Å². The van der Waals surface area contributed by atoms with E-state index < -0.39 is 24.1 Å². The molecule has 2 atom stereocenters. The van der Waals surface area contributed by atoms with Crippen LogP contribution in [-0.4, -0.2) is 84.2 Å². The third-order valence-corrected chi connectivity index (χ3v) is 2.27. The number of carboxylic acids is 2. The predicted octanol–water partition coefficient (Wildman–Crippen LogP) is -2.42. The zero-order valence-electron chi connectivity index (χ0n) is 13.3. The molecule has 0 rings (SSSR count). The second-order valence-corrected chi connectivity index (χ2v) is 5.53. The van der Waals surface area contributed by atoms with Crippen LogP contribution in [0, 0.1) is 0 Å². The lowest BCUT2D eigenvalue weighted by molar-refractivity contribution is -0.870. The van der Waals surface area contributed by atoms with Gasteiger partial charge in [-0.2, -0.15) is 0 Å². The number of likely N-dealkylation sites (N-methyl/N-ethyl adjacent to an activating group) is 1. The monoisotopic (exact) mass is 323 g/mol. The summed E-state index contributed by atoms with van der Waals surface area (Å²) in [5.41, 5.74) is 0. The molecule has 3 N–H and O–H groups in total. The number of hydrogen-bond acceptors (Lipinski definition) is 7. The molecule has 0 aliphatic heterocycles. The van der Waals surface area contributed by atoms with Gasteiger partial charge in [-0.3, -0.25) is 4.79 Å². The average molecular weight is 323 g/mol. The van der Waals surface area contributed by atoms with Gasteiger partial charge >= 0.3 is 11.9 Å². The van der Waals surface area contributed by atoms with E-state index in [1.807, 2.05) is 6.92 Å². The Bertz CT molecular complexity index is 346. The van der Waals surface area contributed by atoms with Crippen LogP contribution in [0.1, 0.15) is 19.8 Å². The van der Waals surface area contributed by atoms with E-state index in [-0.39, 0.29) is 5.97 Å². The molecule has 0 saturated heterocycles. The molecule has 9 nitrogen and oxygen atoms in total. The average Bonchev–Trinajstić information content (AvgIpc) is 2.36. The summed E-state index contributed by atoms with van der Waals surface area (Å²) >= 11 is 0. The summed E-state index contributed by atoms with van der Waals surface area (Å²) in [5, 5.41) is 34.1. The van der Waals surface area contributed by atoms with E-state index in [2.05, 4.69) is 21.1 Å². The highest BCUT2D eigenvalue weighted by atomic mass is 16.5. The van der Waals surface area contributed by atoms with E-state index in [0.29, 0.717) is 13.0 Å². The summed E-state index contributed by atoms with van der Waals surface area (Å²) in [4.78, 5) is 30.3. The Balaban J connectivity index is 0. The Morgan fingerprint density at radius 3 is 1.91 bits per heavy atom. The molecule has 2 unspecified atom stereocenters. The number of nitrogens with zero attached hydrogens (tertiary/aromatic N) is 1. The fraction of sp³-hybridized carbons (Fsp3) is 0.769. The number of aliphatic carboxylic acids is 2. The first-order chi connectivity index (χ1) is 9.92. The van der Waals surface area contributed by atoms with Crippen molar-refractivity contribution >= 4 is 17.9 Å². The predicted molar refractivity (Wildman–Crippen MR) is 73.4 cm³/mol. The lowest BCUT2D eigenvalue weighted by Crippen LogP contribution is -2.46. The summed E-state index contributed by atoms with van der Waals surface area (Å²) in [5.74, 6) is -3.91. The molecule has 0 aromatic heterocycles. The van der Waals surface area contributed by atoms with Crippen LogP contribution in [0.4, 0.5) is 0 Å². The van der Waals surface area contributed by atoms with Crippen LogP contribution in [0.5, 0.6) is 0 Å². The van der Waals surface area contributed by atoms with E-state index in [9.17, 15) is 19.5 Å². The van der Waals surface area contributed by atoms with Crippen LogP contribution in [0.3, 0.4) is 0 Å². The summed E-state index contributed by atoms with van der Waals surface area (Å²) < 4.78 is 5.84. The first-order valence-electron chi connectivity index (χ1n) is 6.68. The molecular formula is C13H25NO8. The Morgan fingerprint density at radius 2 is 1.64 bits per heavy atom. The van der Waals surface area contributed by atoms with Gasteiger partial charge in [-0.1, -0.05) is 6.92 Å². The molecule has 0 spiro atoms. The SMILES string of the molecule is CCCC(=O)OCC[N+](C)(C)C.O=C([O-])C(O)C(O)C(=O)O. The van der Waals surface area contributed by atoms with Gasteiger partial charge in [0.15, 0.2) is 6.10 Å². The van der Waals surface area contributed by atoms with Crippen LogP contribution in [0.25, 0.3) is 0 Å². The van der Waals surface area contributed by atoms with Crippen LogP contribution in [0.2, 0.25) is 0 Å². The third kappa shape index (κ3) is 13.3. The van der Waals surface area contributed by atoms with Crippen molar-refractivity contribution in [2.45, 2.75) is 32.0 Å². The molecule has 130 valence electrons. The standard InChI is InChI=1S/C9H20NO2.C4H6O6/c1-5-6-9(11)12-8-7-10(2,3)4;5-1(3(7)8)2(6)4(9)10/h5-8H2,1-4H3;1-2,5-6H,(H,7,8)(H,9,10)/q+1;/p-1. The number of hydrogen-bond donors (Lipinski definition) is 3. The largest absolute Gasteiger partial charge is 0.547 e. The molecule has 0 aromatic carbocycles. The fourth-order valence-corrected chi connectivity index (χ4v) is 0.974. The highest BCUT2D eigenvalue weighted by Gasteiger charge is 2.23. The summed E-state index contributed by atoms with van der Waals surface area (Å²) in [7, 11) is 6.23. The van der Waals surface area contributed by atoms with E-state index >= 15 is 0 Å². The topological polar surface area (TPSA) is 144 Å². The van der Waals surface area contributed by atoms with Crippen molar-refractivity contribution in [1.29, 1.82) is 0 Å². The molecule has 0 aliphatic carbocycles. The maximum Gasteiger partial charge on any atom is 0.335 e. The second-order valence-electron chi connectivity index (χ2n) is 5.53. The lowest BCUT2D eigenvalue weighted by atomic mass is 10.2. The summed E-state index contributed by atoms with van der Waals surface area (Å²) in [6, 6.07) is 0. The smallest absolute Gasteiger partial charge is 0.335 e. The maximum atomic E-state index is 10.9. The van der Waals surface area contributed by atoms with Crippen molar-refractivity contribution in [3.63, 3.8) is 0 Å². The highest BCUT2D eigenvalue weighted by Crippen LogP contribution is 1.94. The minimum absolute atomic E-state index is 0.0778. The molecule has 22 heavy (non-hydrogen) atoms. The number of esters is 1. The Hall–Kier alpha value is -1.71. The van der Waals surface area contributed by atoms with Gasteiger partial charge in [0, 0.05) is 6.42 Å². The van der Waals surface area contributed by atoms with Gasteiger partial charge in [-0.05, 0) is 6.42 Å². The number of carboxylic acid groups (broad SMARTS) is 2. The molecule has 0 amide bonds. The lowest BCUT2D eigenvalue weighted by Gasteiger charge is -2.23. The fourth-order valence-electron chi connectivity index (χ4n) is 0.974. The number of carbonyl (C=O) groups excluding carboxylic acids is 2. The third-order valence-electron chi connectivity index (χ3n) is 2.27. The number of carbonyl (C=O) groups is 3. The van der Waals surface area contributed by atoms with Crippen molar-refractivity contribution < 1.29 is 44.0 Å². The van der Waals surface area contributed by atoms with Crippen molar-refractivity contribution in [2.75, 3.05) is 34.3 Å². The summed E-state index contributed by atoms with van der Waals surface area (Å²) in [6.45, 7) is 3.37. The number of rotatable bonds is 8. The number of quaternary nitrogens is 1. The quantitative estimate of drug-likeness (QED) is 0.330. The Labute approximate surface area is 129 Å². The van der Waals surface area contributed by atoms with Crippen molar-refractivity contribution in [1.82, 2.24) is 0 Å². The Morgan fingerprint density at radius 1 is 1.14 bits per heavy atom. The molecule has 0 bridgehead atoms. The van der Waals surface area contributed by atoms with Gasteiger partial charge in [0.1, 0.15) is 19.3 Å². The van der Waals surface area contributed by atoms with E-state index in [1.165, 1.54) is 0 Å². The Kier molecular flexibility index (Phi) is 11.2. The first kappa shape index (κ1) is 22.6. The highest BCUT2D eigenvalue weighted by molar-refractivity contribution is 5.82. The van der Waals surface area contributed by atoms with Crippen molar-refractivity contribution in [3.8, 4) is 0 Å². The molecular weight excluding hydrogens is 298 g/mol.